The third-order valence-electron chi connectivity index (χ3n) is 3.53. The maximum atomic E-state index is 12.4. The molecule has 1 unspecified atom stereocenters. The van der Waals surface area contributed by atoms with E-state index in [1.165, 1.54) is 0 Å². The second kappa shape index (κ2) is 4.36. The van der Waals surface area contributed by atoms with Gasteiger partial charge in [0.05, 0.1) is 5.54 Å². The number of nitrogens with one attached hydrogen (secondary N) is 1. The predicted octanol–water partition coefficient (Wildman–Crippen LogP) is 2.02. The van der Waals surface area contributed by atoms with E-state index >= 15 is 0 Å². The van der Waals surface area contributed by atoms with Crippen LogP contribution in [-0.2, 0) is 4.79 Å². The second-order valence-corrected chi connectivity index (χ2v) is 6.33. The molecule has 1 aliphatic rings. The van der Waals surface area contributed by atoms with Crippen molar-refractivity contribution < 1.29 is 4.79 Å². The summed E-state index contributed by atoms with van der Waals surface area (Å²) in [6, 6.07) is 0.325. The van der Waals surface area contributed by atoms with Gasteiger partial charge in [-0.25, -0.2) is 0 Å². The average molecular weight is 226 g/mol. The molecule has 3 heteroatoms. The molecule has 94 valence electrons. The summed E-state index contributed by atoms with van der Waals surface area (Å²) in [5.74, 6) is 0.229. The number of rotatable bonds is 2. The van der Waals surface area contributed by atoms with Crippen molar-refractivity contribution in [1.29, 1.82) is 0 Å². The molecule has 0 saturated carbocycles. The van der Waals surface area contributed by atoms with E-state index in [4.69, 9.17) is 0 Å². The molecule has 0 aromatic carbocycles. The first-order valence-electron chi connectivity index (χ1n) is 6.26. The molecule has 0 aromatic heterocycles. The highest BCUT2D eigenvalue weighted by Crippen LogP contribution is 2.25. The summed E-state index contributed by atoms with van der Waals surface area (Å²) in [6.45, 7) is 14.4. The third-order valence-corrected chi connectivity index (χ3v) is 3.53. The SMILES string of the molecule is CCC(C)N1CC(C)(C)CNC(C)(C)C1=O. The van der Waals surface area contributed by atoms with Crippen molar-refractivity contribution in [2.75, 3.05) is 13.1 Å². The van der Waals surface area contributed by atoms with Crippen LogP contribution in [-0.4, -0.2) is 35.5 Å². The zero-order valence-corrected chi connectivity index (χ0v) is 11.6. The van der Waals surface area contributed by atoms with Crippen LogP contribution in [0.25, 0.3) is 0 Å². The van der Waals surface area contributed by atoms with Crippen LogP contribution in [0.15, 0.2) is 0 Å². The first-order chi connectivity index (χ1) is 7.19. The van der Waals surface area contributed by atoms with Gasteiger partial charge in [-0.2, -0.15) is 0 Å². The zero-order chi connectivity index (χ0) is 12.6. The molecule has 0 aromatic rings. The van der Waals surface area contributed by atoms with E-state index in [0.29, 0.717) is 6.04 Å². The van der Waals surface area contributed by atoms with Crippen LogP contribution in [0.5, 0.6) is 0 Å². The molecule has 16 heavy (non-hydrogen) atoms. The van der Waals surface area contributed by atoms with Crippen molar-refractivity contribution in [1.82, 2.24) is 10.2 Å². The van der Waals surface area contributed by atoms with Crippen LogP contribution >= 0.6 is 0 Å². The van der Waals surface area contributed by atoms with E-state index in [-0.39, 0.29) is 11.3 Å². The van der Waals surface area contributed by atoms with Gasteiger partial charge in [-0.15, -0.1) is 0 Å². The quantitative estimate of drug-likeness (QED) is 0.781. The van der Waals surface area contributed by atoms with Crippen LogP contribution in [0, 0.1) is 5.41 Å². The second-order valence-electron chi connectivity index (χ2n) is 6.33. The van der Waals surface area contributed by atoms with Gasteiger partial charge in [0.1, 0.15) is 0 Å². The van der Waals surface area contributed by atoms with E-state index in [1.54, 1.807) is 0 Å². The van der Waals surface area contributed by atoms with Gasteiger partial charge in [0.25, 0.3) is 0 Å². The van der Waals surface area contributed by atoms with Gasteiger partial charge in [0.15, 0.2) is 0 Å². The summed E-state index contributed by atoms with van der Waals surface area (Å²) in [7, 11) is 0. The Morgan fingerprint density at radius 2 is 1.94 bits per heavy atom. The zero-order valence-electron chi connectivity index (χ0n) is 11.6. The normalized spacial score (nSPS) is 26.4. The Labute approximate surface area is 99.6 Å². The minimum atomic E-state index is -0.433. The lowest BCUT2D eigenvalue weighted by Crippen LogP contribution is -2.53. The highest BCUT2D eigenvalue weighted by molar-refractivity contribution is 5.86. The van der Waals surface area contributed by atoms with E-state index in [0.717, 1.165) is 19.5 Å². The van der Waals surface area contributed by atoms with Crippen molar-refractivity contribution in [3.63, 3.8) is 0 Å². The first kappa shape index (κ1) is 13.5. The van der Waals surface area contributed by atoms with Crippen molar-refractivity contribution >= 4 is 5.91 Å². The number of hydrogen-bond donors (Lipinski definition) is 1. The summed E-state index contributed by atoms with van der Waals surface area (Å²) in [5, 5.41) is 3.38. The lowest BCUT2D eigenvalue weighted by atomic mass is 9.92. The van der Waals surface area contributed by atoms with E-state index < -0.39 is 5.54 Å². The average Bonchev–Trinajstić information content (AvgIpc) is 2.28. The summed E-state index contributed by atoms with van der Waals surface area (Å²) in [4.78, 5) is 14.5. The summed E-state index contributed by atoms with van der Waals surface area (Å²) >= 11 is 0. The molecule has 1 aliphatic heterocycles. The predicted molar refractivity (Wildman–Crippen MR) is 67.3 cm³/mol. The van der Waals surface area contributed by atoms with Gasteiger partial charge in [-0.05, 0) is 32.6 Å². The number of hydrogen-bond acceptors (Lipinski definition) is 2. The minimum Gasteiger partial charge on any atom is -0.338 e. The molecule has 1 fully saturated rings. The Morgan fingerprint density at radius 1 is 1.38 bits per heavy atom. The highest BCUT2D eigenvalue weighted by Gasteiger charge is 2.40. The fourth-order valence-electron chi connectivity index (χ4n) is 2.06. The summed E-state index contributed by atoms with van der Waals surface area (Å²) in [6.07, 6.45) is 1.01. The van der Waals surface area contributed by atoms with Gasteiger partial charge in [-0.3, -0.25) is 4.79 Å². The number of carbonyl (C=O) groups is 1. The van der Waals surface area contributed by atoms with Crippen molar-refractivity contribution in [3.05, 3.63) is 0 Å². The molecular weight excluding hydrogens is 200 g/mol. The minimum absolute atomic E-state index is 0.146. The Balaban J connectivity index is 2.98. The fraction of sp³-hybridized carbons (Fsp3) is 0.923. The molecule has 0 bridgehead atoms. The van der Waals surface area contributed by atoms with Crippen LogP contribution < -0.4 is 5.32 Å². The van der Waals surface area contributed by atoms with Gasteiger partial charge >= 0.3 is 0 Å². The maximum Gasteiger partial charge on any atom is 0.242 e. The Morgan fingerprint density at radius 3 is 2.44 bits per heavy atom. The molecule has 1 rings (SSSR count). The molecular formula is C13H26N2O. The lowest BCUT2D eigenvalue weighted by Gasteiger charge is -2.35. The lowest BCUT2D eigenvalue weighted by molar-refractivity contribution is -0.138. The molecule has 1 atom stereocenters. The van der Waals surface area contributed by atoms with Crippen LogP contribution in [0.3, 0.4) is 0 Å². The summed E-state index contributed by atoms with van der Waals surface area (Å²) < 4.78 is 0. The molecule has 0 aliphatic carbocycles. The topological polar surface area (TPSA) is 32.3 Å². The fourth-order valence-corrected chi connectivity index (χ4v) is 2.06. The Bertz CT molecular complexity index is 271. The van der Waals surface area contributed by atoms with Crippen LogP contribution in [0.2, 0.25) is 0 Å². The Hall–Kier alpha value is -0.570. The highest BCUT2D eigenvalue weighted by atomic mass is 16.2. The van der Waals surface area contributed by atoms with Crippen molar-refractivity contribution in [3.8, 4) is 0 Å². The largest absolute Gasteiger partial charge is 0.338 e. The van der Waals surface area contributed by atoms with Gasteiger partial charge in [0, 0.05) is 19.1 Å². The van der Waals surface area contributed by atoms with Crippen molar-refractivity contribution in [2.24, 2.45) is 5.41 Å². The van der Waals surface area contributed by atoms with Gasteiger partial charge < -0.3 is 10.2 Å². The molecule has 1 heterocycles. The molecule has 0 spiro atoms. The van der Waals surface area contributed by atoms with E-state index in [1.807, 2.05) is 18.7 Å². The molecule has 1 N–H and O–H groups in total. The van der Waals surface area contributed by atoms with Gasteiger partial charge in [0.2, 0.25) is 5.91 Å². The molecule has 1 amide bonds. The van der Waals surface area contributed by atoms with Gasteiger partial charge in [-0.1, -0.05) is 20.8 Å². The smallest absolute Gasteiger partial charge is 0.242 e. The third kappa shape index (κ3) is 2.76. The maximum absolute atomic E-state index is 12.4. The molecule has 3 nitrogen and oxygen atoms in total. The van der Waals surface area contributed by atoms with Crippen LogP contribution in [0.1, 0.15) is 48.0 Å². The first-order valence-corrected chi connectivity index (χ1v) is 6.26. The number of amides is 1. The standard InChI is InChI=1S/C13H26N2O/c1-7-10(2)15-9-12(3,4)8-14-13(5,6)11(15)16/h10,14H,7-9H2,1-6H3. The molecule has 0 radical (unpaired) electrons. The Kier molecular flexibility index (Phi) is 3.68. The molecule has 1 saturated heterocycles. The number of carbonyl (C=O) groups excluding carboxylic acids is 1. The van der Waals surface area contributed by atoms with E-state index in [9.17, 15) is 4.79 Å². The summed E-state index contributed by atoms with van der Waals surface area (Å²) in [5.41, 5.74) is -0.288. The van der Waals surface area contributed by atoms with E-state index in [2.05, 4.69) is 33.0 Å². The van der Waals surface area contributed by atoms with Crippen LogP contribution in [0.4, 0.5) is 0 Å². The number of nitrogens with zero attached hydrogens (tertiary/aromatic N) is 1. The van der Waals surface area contributed by atoms with Crippen molar-refractivity contribution in [2.45, 2.75) is 59.5 Å². The monoisotopic (exact) mass is 226 g/mol.